The quantitative estimate of drug-likeness (QED) is 0.299. The molecule has 0 N–H and O–H groups in total. The third-order valence-electron chi connectivity index (χ3n) is 6.97. The number of para-hydroxylation sites is 2. The molecule has 202 valence electrons. The highest BCUT2D eigenvalue weighted by Gasteiger charge is 2.31. The van der Waals surface area contributed by atoms with Gasteiger partial charge in [-0.05, 0) is 62.1 Å². The van der Waals surface area contributed by atoms with Gasteiger partial charge >= 0.3 is 0 Å². The van der Waals surface area contributed by atoms with Gasteiger partial charge in [0.05, 0.1) is 16.3 Å². The summed E-state index contributed by atoms with van der Waals surface area (Å²) in [6.07, 6.45) is 0.835. The highest BCUT2D eigenvalue weighted by atomic mass is 32.2. The van der Waals surface area contributed by atoms with Crippen molar-refractivity contribution in [3.05, 3.63) is 83.4 Å². The van der Waals surface area contributed by atoms with E-state index < -0.39 is 10.0 Å². The number of aromatic nitrogens is 3. The third-order valence-corrected chi connectivity index (χ3v) is 9.69. The van der Waals surface area contributed by atoms with Crippen molar-refractivity contribution in [1.29, 1.82) is 0 Å². The Morgan fingerprint density at radius 2 is 1.69 bits per heavy atom. The van der Waals surface area contributed by atoms with Crippen LogP contribution in [0.1, 0.15) is 23.6 Å². The second kappa shape index (κ2) is 10.6. The molecule has 3 aromatic carbocycles. The highest BCUT2D eigenvalue weighted by Crippen LogP contribution is 2.35. The normalized spacial score (nSPS) is 15.1. The van der Waals surface area contributed by atoms with Crippen molar-refractivity contribution in [2.75, 3.05) is 24.7 Å². The molecule has 0 saturated heterocycles. The van der Waals surface area contributed by atoms with E-state index in [0.717, 1.165) is 28.9 Å². The minimum absolute atomic E-state index is 0.00845. The Bertz CT molecular complexity index is 1640. The minimum Gasteiger partial charge on any atom is -0.308 e. The Labute approximate surface area is 233 Å². The Balaban J connectivity index is 1.54. The van der Waals surface area contributed by atoms with Crippen molar-refractivity contribution >= 4 is 33.4 Å². The van der Waals surface area contributed by atoms with E-state index in [1.165, 1.54) is 35.7 Å². The summed E-state index contributed by atoms with van der Waals surface area (Å²) >= 11 is 1.33. The molecule has 0 fully saturated rings. The minimum atomic E-state index is -3.63. The number of fused-ring (bicyclic) bond motifs is 1. The number of sulfonamides is 1. The molecule has 1 aromatic heterocycles. The number of rotatable bonds is 7. The smallest absolute Gasteiger partial charge is 0.242 e. The van der Waals surface area contributed by atoms with Crippen LogP contribution in [0.25, 0.3) is 17.1 Å². The summed E-state index contributed by atoms with van der Waals surface area (Å²) in [7, 11) is -0.621. The van der Waals surface area contributed by atoms with Gasteiger partial charge in [-0.2, -0.15) is 0 Å². The zero-order valence-electron chi connectivity index (χ0n) is 22.6. The van der Waals surface area contributed by atoms with Crippen LogP contribution in [0.3, 0.4) is 0 Å². The van der Waals surface area contributed by atoms with Gasteiger partial charge in [-0.15, -0.1) is 10.2 Å². The fourth-order valence-corrected chi connectivity index (χ4v) is 6.80. The zero-order valence-corrected chi connectivity index (χ0v) is 24.3. The highest BCUT2D eigenvalue weighted by molar-refractivity contribution is 7.99. The van der Waals surface area contributed by atoms with Crippen LogP contribution in [0.5, 0.6) is 0 Å². The first-order valence-corrected chi connectivity index (χ1v) is 15.1. The number of hydrogen-bond donors (Lipinski definition) is 0. The van der Waals surface area contributed by atoms with Gasteiger partial charge in [-0.1, -0.05) is 60.3 Å². The van der Waals surface area contributed by atoms with E-state index in [-0.39, 0.29) is 22.6 Å². The van der Waals surface area contributed by atoms with E-state index in [0.29, 0.717) is 16.5 Å². The van der Waals surface area contributed by atoms with Gasteiger partial charge < -0.3 is 4.90 Å². The van der Waals surface area contributed by atoms with Crippen LogP contribution in [-0.4, -0.2) is 59.3 Å². The average molecular weight is 562 g/mol. The molecule has 0 aliphatic carbocycles. The van der Waals surface area contributed by atoms with E-state index in [1.54, 1.807) is 18.2 Å². The van der Waals surface area contributed by atoms with Crippen molar-refractivity contribution in [2.45, 2.75) is 43.3 Å². The number of carbonyl (C=O) groups excluding carboxylic acids is 1. The molecule has 39 heavy (non-hydrogen) atoms. The summed E-state index contributed by atoms with van der Waals surface area (Å²) in [5, 5.41) is 9.55. The van der Waals surface area contributed by atoms with Crippen LogP contribution >= 0.6 is 11.8 Å². The van der Waals surface area contributed by atoms with Crippen LogP contribution in [0.4, 0.5) is 5.69 Å². The average Bonchev–Trinajstić information content (AvgIpc) is 3.47. The summed E-state index contributed by atoms with van der Waals surface area (Å²) in [4.78, 5) is 15.5. The predicted octanol–water partition coefficient (Wildman–Crippen LogP) is 4.87. The van der Waals surface area contributed by atoms with E-state index in [1.807, 2.05) is 65.8 Å². The molecule has 4 aromatic rings. The number of nitrogens with zero attached hydrogens (tertiary/aromatic N) is 5. The first kappa shape index (κ1) is 27.1. The molecule has 2 heterocycles. The molecule has 1 atom stereocenters. The molecule has 1 amide bonds. The Morgan fingerprint density at radius 3 is 2.41 bits per heavy atom. The lowest BCUT2D eigenvalue weighted by atomic mass is 10.1. The van der Waals surface area contributed by atoms with Gasteiger partial charge in [0.2, 0.25) is 15.9 Å². The monoisotopic (exact) mass is 561 g/mol. The second-order valence-electron chi connectivity index (χ2n) is 9.93. The number of aryl methyl sites for hydroxylation is 2. The largest absolute Gasteiger partial charge is 0.308 e. The van der Waals surface area contributed by atoms with E-state index in [9.17, 15) is 13.2 Å². The lowest BCUT2D eigenvalue weighted by Gasteiger charge is -2.22. The van der Waals surface area contributed by atoms with Gasteiger partial charge in [-0.25, -0.2) is 12.7 Å². The van der Waals surface area contributed by atoms with Gasteiger partial charge in [0, 0.05) is 31.4 Å². The molecule has 8 nitrogen and oxygen atoms in total. The molecule has 0 radical (unpaired) electrons. The molecule has 0 bridgehead atoms. The van der Waals surface area contributed by atoms with Crippen molar-refractivity contribution < 1.29 is 13.2 Å². The van der Waals surface area contributed by atoms with Gasteiger partial charge in [0.25, 0.3) is 0 Å². The SMILES string of the molecule is Cc1cccc(C)c1-n1c(SCC(=O)N2c3ccccc3CC2C)nnc1-c1cccc(S(=O)(=O)N(C)C)c1. The van der Waals surface area contributed by atoms with E-state index in [2.05, 4.69) is 23.2 Å². The maximum atomic E-state index is 13.4. The summed E-state index contributed by atoms with van der Waals surface area (Å²) in [6, 6.07) is 20.9. The third kappa shape index (κ3) is 4.99. The molecule has 10 heteroatoms. The van der Waals surface area contributed by atoms with Gasteiger partial charge in [0.1, 0.15) is 0 Å². The molecular weight excluding hydrogens is 530 g/mol. The summed E-state index contributed by atoms with van der Waals surface area (Å²) < 4.78 is 28.8. The van der Waals surface area contributed by atoms with E-state index in [4.69, 9.17) is 0 Å². The van der Waals surface area contributed by atoms with Crippen LogP contribution < -0.4 is 4.90 Å². The molecule has 1 unspecified atom stereocenters. The van der Waals surface area contributed by atoms with Gasteiger partial charge in [0.15, 0.2) is 11.0 Å². The van der Waals surface area contributed by atoms with Crippen LogP contribution in [-0.2, 0) is 21.2 Å². The van der Waals surface area contributed by atoms with Crippen LogP contribution in [0.15, 0.2) is 76.8 Å². The number of hydrogen-bond acceptors (Lipinski definition) is 6. The number of benzene rings is 3. The summed E-state index contributed by atoms with van der Waals surface area (Å²) in [5.74, 6) is 0.712. The van der Waals surface area contributed by atoms with Crippen LogP contribution in [0, 0.1) is 13.8 Å². The predicted molar refractivity (Wildman–Crippen MR) is 155 cm³/mol. The Hall–Kier alpha value is -3.47. The fourth-order valence-electron chi connectivity index (χ4n) is 5.06. The molecular formula is C29H31N5O3S2. The first-order valence-electron chi connectivity index (χ1n) is 12.7. The van der Waals surface area contributed by atoms with Gasteiger partial charge in [-0.3, -0.25) is 9.36 Å². The fraction of sp³-hybridized carbons (Fsp3) is 0.276. The van der Waals surface area contributed by atoms with Crippen LogP contribution in [0.2, 0.25) is 0 Å². The molecule has 1 aliphatic heterocycles. The Morgan fingerprint density at radius 1 is 1.00 bits per heavy atom. The zero-order chi connectivity index (χ0) is 27.9. The van der Waals surface area contributed by atoms with Crippen molar-refractivity contribution in [2.24, 2.45) is 0 Å². The van der Waals surface area contributed by atoms with Crippen molar-refractivity contribution in [1.82, 2.24) is 19.1 Å². The topological polar surface area (TPSA) is 88.4 Å². The van der Waals surface area contributed by atoms with Crippen molar-refractivity contribution in [3.8, 4) is 17.1 Å². The molecule has 0 saturated carbocycles. The molecule has 0 spiro atoms. The first-order chi connectivity index (χ1) is 18.6. The van der Waals surface area contributed by atoms with E-state index >= 15 is 0 Å². The summed E-state index contributed by atoms with van der Waals surface area (Å²) in [6.45, 7) is 6.09. The maximum absolute atomic E-state index is 13.4. The second-order valence-corrected chi connectivity index (χ2v) is 13.0. The lowest BCUT2D eigenvalue weighted by Crippen LogP contribution is -2.37. The molecule has 5 rings (SSSR count). The number of anilines is 1. The number of amides is 1. The standard InChI is InChI=1S/C29H31N5O3S2/c1-19-10-8-11-20(2)27(19)34-28(23-13-9-14-24(17-23)39(36,37)32(4)5)30-31-29(34)38-18-26(35)33-21(3)16-22-12-6-7-15-25(22)33/h6-15,17,21H,16,18H2,1-5H3. The summed E-state index contributed by atoms with van der Waals surface area (Å²) in [5.41, 5.74) is 5.71. The number of carbonyl (C=O) groups is 1. The lowest BCUT2D eigenvalue weighted by molar-refractivity contribution is -0.116. The Kier molecular flexibility index (Phi) is 7.37. The molecule has 1 aliphatic rings. The number of thioether (sulfide) groups is 1. The maximum Gasteiger partial charge on any atom is 0.242 e. The van der Waals surface area contributed by atoms with Crippen molar-refractivity contribution in [3.63, 3.8) is 0 Å².